The lowest BCUT2D eigenvalue weighted by Crippen LogP contribution is -2.20. The number of H-pyrrole nitrogens is 1. The molecule has 0 amide bonds. The van der Waals surface area contributed by atoms with Crippen LogP contribution in [-0.4, -0.2) is 42.7 Å². The van der Waals surface area contributed by atoms with Crippen molar-refractivity contribution in [2.24, 2.45) is 5.92 Å². The van der Waals surface area contributed by atoms with E-state index in [0.29, 0.717) is 11.6 Å². The summed E-state index contributed by atoms with van der Waals surface area (Å²) in [6.45, 7) is 2.60. The summed E-state index contributed by atoms with van der Waals surface area (Å²) in [5.41, 5.74) is 5.52. The van der Waals surface area contributed by atoms with Gasteiger partial charge in [-0.05, 0) is 24.3 Å². The Bertz CT molecular complexity index is 1040. The normalized spacial score (nSPS) is 14.9. The van der Waals surface area contributed by atoms with Crippen molar-refractivity contribution in [2.45, 2.75) is 19.4 Å². The van der Waals surface area contributed by atoms with Crippen molar-refractivity contribution < 1.29 is 4.74 Å². The maximum Gasteiger partial charge on any atom is 0.197 e. The van der Waals surface area contributed by atoms with Crippen LogP contribution >= 0.6 is 12.4 Å². The average Bonchev–Trinajstić information content (AvgIpc) is 3.39. The van der Waals surface area contributed by atoms with Crippen LogP contribution in [0.5, 0.6) is 0 Å². The lowest BCUT2D eigenvalue weighted by Gasteiger charge is -2.22. The first-order valence-electron chi connectivity index (χ1n) is 9.21. The summed E-state index contributed by atoms with van der Waals surface area (Å²) >= 11 is 0. The number of nitrogens with one attached hydrogen (secondary N) is 1. The Hall–Kier alpha value is -2.77. The van der Waals surface area contributed by atoms with Crippen molar-refractivity contribution in [3.05, 3.63) is 49.3 Å². The summed E-state index contributed by atoms with van der Waals surface area (Å²) in [7, 11) is 0. The number of nitrogens with zero attached hydrogens (tertiary/aromatic N) is 5. The third-order valence-electron chi connectivity index (χ3n) is 5.11. The molecule has 0 radical (unpaired) electrons. The molecule has 4 heterocycles. The third kappa shape index (κ3) is 3.63. The number of aromatic amines is 1. The highest BCUT2D eigenvalue weighted by molar-refractivity contribution is 5.85. The topological polar surface area (TPSA) is 81.5 Å². The molecule has 1 aliphatic heterocycles. The summed E-state index contributed by atoms with van der Waals surface area (Å²) in [5.74, 6) is 0.607. The second-order valence-electron chi connectivity index (χ2n) is 6.90. The number of benzene rings is 1. The van der Waals surface area contributed by atoms with Gasteiger partial charge in [0.2, 0.25) is 0 Å². The number of hydrogen-bond donors (Lipinski definition) is 1. The van der Waals surface area contributed by atoms with Gasteiger partial charge in [-0.25, -0.2) is 19.9 Å². The lowest BCUT2D eigenvalue weighted by atomic mass is 10.0. The van der Waals surface area contributed by atoms with Crippen LogP contribution in [-0.2, 0) is 11.3 Å². The summed E-state index contributed by atoms with van der Waals surface area (Å²) in [4.78, 5) is 21.0. The summed E-state index contributed by atoms with van der Waals surface area (Å²) in [5, 5.41) is 0. The molecule has 0 spiro atoms. The van der Waals surface area contributed by atoms with Crippen molar-refractivity contribution in [1.82, 2.24) is 29.5 Å². The zero-order valence-electron chi connectivity index (χ0n) is 15.3. The molecule has 0 aliphatic carbocycles. The van der Waals surface area contributed by atoms with Gasteiger partial charge in [0.05, 0.1) is 36.4 Å². The van der Waals surface area contributed by atoms with E-state index in [9.17, 15) is 0 Å². The minimum absolute atomic E-state index is 0. The molecule has 3 aromatic heterocycles. The highest BCUT2D eigenvalue weighted by Crippen LogP contribution is 2.24. The Morgan fingerprint density at radius 3 is 2.57 bits per heavy atom. The molecule has 1 saturated heterocycles. The molecule has 5 rings (SSSR count). The average molecular weight is 397 g/mol. The molecule has 1 aliphatic rings. The fraction of sp³-hybridized carbons (Fsp3) is 0.300. The van der Waals surface area contributed by atoms with Crippen LogP contribution in [0.4, 0.5) is 0 Å². The first-order valence-corrected chi connectivity index (χ1v) is 9.21. The highest BCUT2D eigenvalue weighted by atomic mass is 35.5. The third-order valence-corrected chi connectivity index (χ3v) is 5.11. The Labute approximate surface area is 168 Å². The standard InChI is InChI=1S/C20H20N6O.ClH/c1-3-16(4-2-15(1)17-9-21-12-23-17)18-10-22-19-20(25-18)26(13-24-19)11-14-5-7-27-8-6-14;/h1-4,9-10,12-14H,5-8,11H2,(H,21,23);1H. The maximum atomic E-state index is 5.46. The largest absolute Gasteiger partial charge is 0.381 e. The van der Waals surface area contributed by atoms with Gasteiger partial charge in [-0.2, -0.15) is 0 Å². The van der Waals surface area contributed by atoms with E-state index in [1.54, 1.807) is 12.5 Å². The minimum Gasteiger partial charge on any atom is -0.381 e. The molecule has 1 N–H and O–H groups in total. The molecular formula is C20H21ClN6O. The minimum atomic E-state index is 0. The zero-order valence-corrected chi connectivity index (χ0v) is 16.1. The molecule has 1 fully saturated rings. The summed E-state index contributed by atoms with van der Waals surface area (Å²) in [6, 6.07) is 8.25. The maximum absolute atomic E-state index is 5.46. The number of rotatable bonds is 4. The van der Waals surface area contributed by atoms with Crippen LogP contribution in [0.25, 0.3) is 33.8 Å². The molecule has 144 valence electrons. The molecule has 7 nitrogen and oxygen atoms in total. The first kappa shape index (κ1) is 18.6. The van der Waals surface area contributed by atoms with Gasteiger partial charge in [-0.3, -0.25) is 0 Å². The van der Waals surface area contributed by atoms with E-state index < -0.39 is 0 Å². The van der Waals surface area contributed by atoms with Crippen LogP contribution in [0.2, 0.25) is 0 Å². The quantitative estimate of drug-likeness (QED) is 0.568. The van der Waals surface area contributed by atoms with Gasteiger partial charge in [0.1, 0.15) is 0 Å². The van der Waals surface area contributed by atoms with Crippen LogP contribution in [0.15, 0.2) is 49.3 Å². The molecule has 0 atom stereocenters. The molecule has 0 saturated carbocycles. The number of halogens is 1. The summed E-state index contributed by atoms with van der Waals surface area (Å²) < 4.78 is 7.59. The Kier molecular flexibility index (Phi) is 5.36. The van der Waals surface area contributed by atoms with Crippen molar-refractivity contribution in [3.63, 3.8) is 0 Å². The second kappa shape index (κ2) is 8.08. The Morgan fingerprint density at radius 2 is 1.82 bits per heavy atom. The van der Waals surface area contributed by atoms with Gasteiger partial charge in [-0.15, -0.1) is 12.4 Å². The van der Waals surface area contributed by atoms with E-state index in [1.165, 1.54) is 0 Å². The lowest BCUT2D eigenvalue weighted by molar-refractivity contribution is 0.0615. The van der Waals surface area contributed by atoms with Crippen LogP contribution in [0.3, 0.4) is 0 Å². The van der Waals surface area contributed by atoms with Crippen molar-refractivity contribution in [1.29, 1.82) is 0 Å². The van der Waals surface area contributed by atoms with Gasteiger partial charge < -0.3 is 14.3 Å². The van der Waals surface area contributed by atoms with E-state index in [1.807, 2.05) is 12.5 Å². The van der Waals surface area contributed by atoms with Crippen LogP contribution in [0.1, 0.15) is 12.8 Å². The van der Waals surface area contributed by atoms with Gasteiger partial charge in [0.25, 0.3) is 0 Å². The molecule has 8 heteroatoms. The van der Waals surface area contributed by atoms with E-state index >= 15 is 0 Å². The van der Waals surface area contributed by atoms with Crippen LogP contribution in [0, 0.1) is 5.92 Å². The van der Waals surface area contributed by atoms with E-state index in [0.717, 1.165) is 60.8 Å². The highest BCUT2D eigenvalue weighted by Gasteiger charge is 2.17. The molecular weight excluding hydrogens is 376 g/mol. The first-order chi connectivity index (χ1) is 13.4. The molecule has 0 unspecified atom stereocenters. The molecule has 4 aromatic rings. The Morgan fingerprint density at radius 1 is 1.04 bits per heavy atom. The van der Waals surface area contributed by atoms with Gasteiger partial charge in [0.15, 0.2) is 11.3 Å². The molecule has 0 bridgehead atoms. The Balaban J connectivity index is 0.00000192. The van der Waals surface area contributed by atoms with Crippen molar-refractivity contribution >= 4 is 23.7 Å². The smallest absolute Gasteiger partial charge is 0.197 e. The number of aromatic nitrogens is 6. The predicted molar refractivity (Wildman–Crippen MR) is 109 cm³/mol. The molecule has 28 heavy (non-hydrogen) atoms. The van der Waals surface area contributed by atoms with Gasteiger partial charge in [0, 0.05) is 25.3 Å². The fourth-order valence-corrected chi connectivity index (χ4v) is 3.55. The van der Waals surface area contributed by atoms with E-state index in [-0.39, 0.29) is 12.4 Å². The summed E-state index contributed by atoms with van der Waals surface area (Å²) in [6.07, 6.45) is 9.31. The number of fused-ring (bicyclic) bond motifs is 1. The van der Waals surface area contributed by atoms with E-state index in [2.05, 4.69) is 48.8 Å². The fourth-order valence-electron chi connectivity index (χ4n) is 3.55. The van der Waals surface area contributed by atoms with Crippen molar-refractivity contribution in [2.75, 3.05) is 13.2 Å². The molecule has 1 aromatic carbocycles. The SMILES string of the molecule is Cl.c1ncc(-c2ccc(-c3cnc4ncn(CC5CCOCC5)c4n3)cc2)[nH]1. The van der Waals surface area contributed by atoms with E-state index in [4.69, 9.17) is 9.72 Å². The predicted octanol–water partition coefficient (Wildman–Crippen LogP) is 3.73. The number of ether oxygens (including phenoxy) is 1. The van der Waals surface area contributed by atoms with Crippen LogP contribution < -0.4 is 0 Å². The monoisotopic (exact) mass is 396 g/mol. The second-order valence-corrected chi connectivity index (χ2v) is 6.90. The van der Waals surface area contributed by atoms with Gasteiger partial charge >= 0.3 is 0 Å². The van der Waals surface area contributed by atoms with Gasteiger partial charge in [-0.1, -0.05) is 24.3 Å². The number of imidazole rings is 2. The van der Waals surface area contributed by atoms with Crippen molar-refractivity contribution in [3.8, 4) is 22.5 Å². The zero-order chi connectivity index (χ0) is 18.1. The number of hydrogen-bond acceptors (Lipinski definition) is 5.